The van der Waals surface area contributed by atoms with Crippen molar-refractivity contribution in [3.63, 3.8) is 0 Å². The molecule has 0 spiro atoms. The molecule has 0 aromatic heterocycles. The normalized spacial score (nSPS) is 16.2. The Morgan fingerprint density at radius 1 is 1.00 bits per heavy atom. The molecule has 0 radical (unpaired) electrons. The number of amides is 1. The van der Waals surface area contributed by atoms with E-state index in [9.17, 15) is 13.2 Å². The molecule has 1 aromatic rings. The zero-order chi connectivity index (χ0) is 22.1. The summed E-state index contributed by atoms with van der Waals surface area (Å²) in [7, 11) is -3.42. The fourth-order valence-electron chi connectivity index (χ4n) is 4.04. The summed E-state index contributed by atoms with van der Waals surface area (Å²) in [6.07, 6.45) is 5.06. The summed E-state index contributed by atoms with van der Waals surface area (Å²) < 4.78 is 27.3. The lowest BCUT2D eigenvalue weighted by atomic mass is 10.1. The number of nitrogens with one attached hydrogen (secondary N) is 1. The molecule has 1 N–H and O–H groups in total. The van der Waals surface area contributed by atoms with Crippen LogP contribution in [0.1, 0.15) is 65.4 Å². The topological polar surface area (TPSA) is 69.7 Å². The summed E-state index contributed by atoms with van der Waals surface area (Å²) >= 11 is 0. The number of nitrogens with zero attached hydrogens (tertiary/aromatic N) is 2. The summed E-state index contributed by atoms with van der Waals surface area (Å²) in [6, 6.07) is 7.92. The predicted octanol–water partition coefficient (Wildman–Crippen LogP) is 3.42. The highest BCUT2D eigenvalue weighted by atomic mass is 32.2. The lowest BCUT2D eigenvalue weighted by molar-refractivity contribution is -0.121. The van der Waals surface area contributed by atoms with E-state index in [-0.39, 0.29) is 5.91 Å². The van der Waals surface area contributed by atoms with Crippen LogP contribution in [0, 0.1) is 0 Å². The molecule has 2 rings (SSSR count). The van der Waals surface area contributed by atoms with E-state index in [0.29, 0.717) is 49.5 Å². The maximum Gasteiger partial charge on any atom is 0.243 e. The van der Waals surface area contributed by atoms with Gasteiger partial charge in [0.2, 0.25) is 15.9 Å². The Balaban J connectivity index is 1.82. The van der Waals surface area contributed by atoms with Gasteiger partial charge in [-0.25, -0.2) is 8.42 Å². The molecule has 1 fully saturated rings. The van der Waals surface area contributed by atoms with Crippen molar-refractivity contribution >= 4 is 15.9 Å². The Hall–Kier alpha value is -1.44. The van der Waals surface area contributed by atoms with E-state index in [1.807, 2.05) is 12.1 Å². The van der Waals surface area contributed by atoms with Crippen molar-refractivity contribution in [3.05, 3.63) is 29.8 Å². The molecule has 0 aliphatic carbocycles. The maximum absolute atomic E-state index is 12.8. The van der Waals surface area contributed by atoms with Crippen LogP contribution in [0.15, 0.2) is 29.2 Å². The van der Waals surface area contributed by atoms with Gasteiger partial charge in [-0.15, -0.1) is 0 Å². The van der Waals surface area contributed by atoms with Crippen LogP contribution in [0.4, 0.5) is 0 Å². The van der Waals surface area contributed by atoms with Crippen molar-refractivity contribution < 1.29 is 13.2 Å². The average Bonchev–Trinajstić information content (AvgIpc) is 2.99. The number of benzene rings is 1. The van der Waals surface area contributed by atoms with Crippen LogP contribution in [0.5, 0.6) is 0 Å². The van der Waals surface area contributed by atoms with Crippen molar-refractivity contribution in [2.75, 3.05) is 26.2 Å². The van der Waals surface area contributed by atoms with Gasteiger partial charge in [-0.2, -0.15) is 4.31 Å². The maximum atomic E-state index is 12.8. The molecule has 170 valence electrons. The smallest absolute Gasteiger partial charge is 0.243 e. The molecular weight excluding hydrogens is 398 g/mol. The molecule has 7 heteroatoms. The Morgan fingerprint density at radius 2 is 1.57 bits per heavy atom. The minimum atomic E-state index is -3.42. The van der Waals surface area contributed by atoms with Crippen molar-refractivity contribution in [2.45, 2.75) is 83.2 Å². The van der Waals surface area contributed by atoms with Gasteiger partial charge in [0.1, 0.15) is 0 Å². The monoisotopic (exact) mass is 437 g/mol. The van der Waals surface area contributed by atoms with Crippen LogP contribution in [-0.2, 0) is 21.2 Å². The van der Waals surface area contributed by atoms with Crippen LogP contribution < -0.4 is 5.32 Å². The second-order valence-corrected chi connectivity index (χ2v) is 10.7. The Kier molecular flexibility index (Phi) is 9.78. The van der Waals surface area contributed by atoms with E-state index in [1.54, 1.807) is 16.4 Å². The van der Waals surface area contributed by atoms with Gasteiger partial charge in [-0.3, -0.25) is 9.69 Å². The second-order valence-electron chi connectivity index (χ2n) is 8.74. The van der Waals surface area contributed by atoms with Crippen molar-refractivity contribution in [2.24, 2.45) is 0 Å². The molecule has 0 unspecified atom stereocenters. The number of sulfonamides is 1. The molecule has 1 amide bonds. The van der Waals surface area contributed by atoms with Crippen LogP contribution in [0.25, 0.3) is 0 Å². The van der Waals surface area contributed by atoms with E-state index in [4.69, 9.17) is 0 Å². The highest BCUT2D eigenvalue weighted by Gasteiger charge is 2.24. The molecule has 1 heterocycles. The van der Waals surface area contributed by atoms with Crippen molar-refractivity contribution in [1.29, 1.82) is 0 Å². The second kappa shape index (κ2) is 11.8. The van der Waals surface area contributed by atoms with Crippen LogP contribution in [-0.4, -0.2) is 61.8 Å². The van der Waals surface area contributed by atoms with Crippen molar-refractivity contribution in [1.82, 2.24) is 14.5 Å². The first-order chi connectivity index (χ1) is 14.2. The number of rotatable bonds is 10. The van der Waals surface area contributed by atoms with Crippen LogP contribution in [0.3, 0.4) is 0 Å². The first kappa shape index (κ1) is 24.8. The lowest BCUT2D eigenvalue weighted by Gasteiger charge is -2.30. The summed E-state index contributed by atoms with van der Waals surface area (Å²) in [4.78, 5) is 14.9. The van der Waals surface area contributed by atoms with Gasteiger partial charge in [0.05, 0.1) is 4.90 Å². The molecule has 1 aromatic carbocycles. The third-order valence-electron chi connectivity index (χ3n) is 5.79. The third kappa shape index (κ3) is 7.36. The minimum Gasteiger partial charge on any atom is -0.355 e. The predicted molar refractivity (Wildman–Crippen MR) is 122 cm³/mol. The molecule has 1 aliphatic heterocycles. The SMILES string of the molecule is CC(C)N(CCNC(=O)CCc1ccc(S(=O)(=O)N2CCCCCC2)cc1)C(C)C. The average molecular weight is 438 g/mol. The molecule has 0 saturated carbocycles. The zero-order valence-electron chi connectivity index (χ0n) is 19.1. The third-order valence-corrected chi connectivity index (χ3v) is 7.70. The lowest BCUT2D eigenvalue weighted by Crippen LogP contribution is -2.42. The summed E-state index contributed by atoms with van der Waals surface area (Å²) in [5.74, 6) is 0.0312. The molecule has 6 nitrogen and oxygen atoms in total. The van der Waals surface area contributed by atoms with E-state index >= 15 is 0 Å². The van der Waals surface area contributed by atoms with E-state index in [1.165, 1.54) is 0 Å². The first-order valence-electron chi connectivity index (χ1n) is 11.3. The molecule has 0 bridgehead atoms. The molecule has 0 atom stereocenters. The van der Waals surface area contributed by atoms with E-state index in [2.05, 4.69) is 37.9 Å². The van der Waals surface area contributed by atoms with Crippen LogP contribution in [0.2, 0.25) is 0 Å². The minimum absolute atomic E-state index is 0.0312. The largest absolute Gasteiger partial charge is 0.355 e. The fraction of sp³-hybridized carbons (Fsp3) is 0.696. The number of aryl methyl sites for hydroxylation is 1. The number of hydrogen-bond donors (Lipinski definition) is 1. The van der Waals surface area contributed by atoms with Gasteiger partial charge in [0, 0.05) is 44.7 Å². The van der Waals surface area contributed by atoms with Gasteiger partial charge in [0.25, 0.3) is 0 Å². The molecule has 1 aliphatic rings. The van der Waals surface area contributed by atoms with E-state index < -0.39 is 10.0 Å². The number of hydrogen-bond acceptors (Lipinski definition) is 4. The number of carbonyl (C=O) groups is 1. The highest BCUT2D eigenvalue weighted by molar-refractivity contribution is 7.89. The van der Waals surface area contributed by atoms with Crippen LogP contribution >= 0.6 is 0 Å². The summed E-state index contributed by atoms with van der Waals surface area (Å²) in [5.41, 5.74) is 0.978. The molecule has 1 saturated heterocycles. The fourth-order valence-corrected chi connectivity index (χ4v) is 5.56. The molecule has 30 heavy (non-hydrogen) atoms. The molecular formula is C23H39N3O3S. The Morgan fingerprint density at radius 3 is 2.10 bits per heavy atom. The van der Waals surface area contributed by atoms with Gasteiger partial charge in [-0.1, -0.05) is 25.0 Å². The van der Waals surface area contributed by atoms with Gasteiger partial charge >= 0.3 is 0 Å². The van der Waals surface area contributed by atoms with Gasteiger partial charge < -0.3 is 5.32 Å². The Bertz CT molecular complexity index is 744. The quantitative estimate of drug-likeness (QED) is 0.609. The standard InChI is InChI=1S/C23H39N3O3S/c1-19(2)26(20(3)4)18-15-24-23(27)14-11-21-9-12-22(13-10-21)30(28,29)25-16-7-5-6-8-17-25/h9-10,12-13,19-20H,5-8,11,14-18H2,1-4H3,(H,24,27). The first-order valence-corrected chi connectivity index (χ1v) is 12.8. The number of carbonyl (C=O) groups excluding carboxylic acids is 1. The highest BCUT2D eigenvalue weighted by Crippen LogP contribution is 2.21. The van der Waals surface area contributed by atoms with Gasteiger partial charge in [0.15, 0.2) is 0 Å². The zero-order valence-corrected chi connectivity index (χ0v) is 19.9. The van der Waals surface area contributed by atoms with Crippen molar-refractivity contribution in [3.8, 4) is 0 Å². The summed E-state index contributed by atoms with van der Waals surface area (Å²) in [5, 5.41) is 2.99. The van der Waals surface area contributed by atoms with Gasteiger partial charge in [-0.05, 0) is 64.7 Å². The Labute approximate surface area is 183 Å². The van der Waals surface area contributed by atoms with E-state index in [0.717, 1.165) is 37.8 Å². The summed E-state index contributed by atoms with van der Waals surface area (Å²) in [6.45, 7) is 11.4.